The van der Waals surface area contributed by atoms with Crippen LogP contribution in [-0.4, -0.2) is 48.1 Å². The minimum atomic E-state index is -1.15. The van der Waals surface area contributed by atoms with Crippen molar-refractivity contribution in [3.63, 3.8) is 0 Å². The van der Waals surface area contributed by atoms with Gasteiger partial charge in [-0.05, 0) is 12.7 Å². The van der Waals surface area contributed by atoms with Gasteiger partial charge in [0.1, 0.15) is 6.04 Å². The maximum atomic E-state index is 11.2. The van der Waals surface area contributed by atoms with E-state index in [1.807, 2.05) is 0 Å². The van der Waals surface area contributed by atoms with Crippen molar-refractivity contribution in [2.75, 3.05) is 19.1 Å². The molecule has 0 rings (SSSR count). The molecule has 0 saturated heterocycles. The van der Waals surface area contributed by atoms with E-state index in [0.29, 0.717) is 0 Å². The Bertz CT molecular complexity index is 269. The third-order valence-electron chi connectivity index (χ3n) is 1.77. The van der Waals surface area contributed by atoms with Gasteiger partial charge in [0.2, 0.25) is 5.91 Å². The van der Waals surface area contributed by atoms with E-state index in [2.05, 4.69) is 10.1 Å². The molecule has 16 heavy (non-hydrogen) atoms. The quantitative estimate of drug-likeness (QED) is 0.611. The molecule has 0 unspecified atom stereocenters. The van der Waals surface area contributed by atoms with Crippen molar-refractivity contribution in [3.8, 4) is 0 Å². The Balaban J connectivity index is 4.12. The molecule has 1 amide bonds. The van der Waals surface area contributed by atoms with Crippen molar-refractivity contribution in [2.45, 2.75) is 18.9 Å². The van der Waals surface area contributed by atoms with E-state index < -0.39 is 18.0 Å². The molecule has 0 fully saturated rings. The Morgan fingerprint density at radius 3 is 2.50 bits per heavy atom. The number of aliphatic carboxylic acids is 1. The zero-order valence-corrected chi connectivity index (χ0v) is 10.0. The molecular formula is C9H15NO5S. The number of hydrogen-bond acceptors (Lipinski definition) is 5. The summed E-state index contributed by atoms with van der Waals surface area (Å²) in [4.78, 5) is 32.7. The summed E-state index contributed by atoms with van der Waals surface area (Å²) < 4.78 is 4.38. The molecule has 7 heteroatoms. The van der Waals surface area contributed by atoms with Gasteiger partial charge in [-0.2, -0.15) is 11.8 Å². The van der Waals surface area contributed by atoms with Crippen LogP contribution in [0.5, 0.6) is 0 Å². The normalized spacial score (nSPS) is 11.6. The molecule has 0 aliphatic heterocycles. The summed E-state index contributed by atoms with van der Waals surface area (Å²) in [6, 6.07) is -1.04. The molecule has 1 atom stereocenters. The number of carboxylic acids is 1. The molecule has 0 radical (unpaired) electrons. The summed E-state index contributed by atoms with van der Waals surface area (Å²) >= 11 is 1.30. The van der Waals surface area contributed by atoms with E-state index in [1.165, 1.54) is 18.9 Å². The number of carbonyl (C=O) groups is 3. The van der Waals surface area contributed by atoms with E-state index in [4.69, 9.17) is 5.11 Å². The molecule has 0 aromatic carbocycles. The van der Waals surface area contributed by atoms with Crippen LogP contribution in [0, 0.1) is 0 Å². The number of carboxylic acid groups (broad SMARTS) is 1. The second-order valence-electron chi connectivity index (χ2n) is 3.01. The van der Waals surface area contributed by atoms with Crippen LogP contribution < -0.4 is 5.32 Å². The Morgan fingerprint density at radius 1 is 1.44 bits per heavy atom. The minimum Gasteiger partial charge on any atom is -0.480 e. The zero-order chi connectivity index (χ0) is 12.6. The molecule has 0 aromatic heterocycles. The van der Waals surface area contributed by atoms with Gasteiger partial charge >= 0.3 is 11.9 Å². The van der Waals surface area contributed by atoms with Crippen LogP contribution >= 0.6 is 11.8 Å². The van der Waals surface area contributed by atoms with Crippen LogP contribution in [0.3, 0.4) is 0 Å². The smallest absolute Gasteiger partial charge is 0.326 e. The molecule has 0 saturated carbocycles. The Labute approximate surface area is 97.7 Å². The van der Waals surface area contributed by atoms with E-state index in [0.717, 1.165) is 0 Å². The fraction of sp³-hybridized carbons (Fsp3) is 0.667. The number of thioether (sulfide) groups is 1. The average Bonchev–Trinajstić information content (AvgIpc) is 2.23. The molecule has 0 aromatic rings. The van der Waals surface area contributed by atoms with Crippen molar-refractivity contribution in [3.05, 3.63) is 0 Å². The Morgan fingerprint density at radius 2 is 2.06 bits per heavy atom. The average molecular weight is 249 g/mol. The van der Waals surface area contributed by atoms with Gasteiger partial charge < -0.3 is 15.2 Å². The fourth-order valence-corrected chi connectivity index (χ4v) is 1.33. The van der Waals surface area contributed by atoms with Gasteiger partial charge in [-0.3, -0.25) is 9.59 Å². The summed E-state index contributed by atoms with van der Waals surface area (Å²) in [6.45, 7) is 0. The maximum absolute atomic E-state index is 11.2. The van der Waals surface area contributed by atoms with Crippen molar-refractivity contribution >= 4 is 29.6 Å². The molecule has 92 valence electrons. The molecule has 0 aliphatic rings. The van der Waals surface area contributed by atoms with Gasteiger partial charge in [-0.25, -0.2) is 4.79 Å². The zero-order valence-electron chi connectivity index (χ0n) is 9.19. The first kappa shape index (κ1) is 14.8. The van der Waals surface area contributed by atoms with Crippen molar-refractivity contribution in [1.29, 1.82) is 0 Å². The number of amides is 1. The van der Waals surface area contributed by atoms with Crippen molar-refractivity contribution < 1.29 is 24.2 Å². The van der Waals surface area contributed by atoms with Crippen molar-refractivity contribution in [2.24, 2.45) is 0 Å². The second-order valence-corrected chi connectivity index (χ2v) is 3.87. The maximum Gasteiger partial charge on any atom is 0.326 e. The lowest BCUT2D eigenvalue weighted by molar-refractivity contribution is -0.143. The van der Waals surface area contributed by atoms with Gasteiger partial charge in [0.15, 0.2) is 0 Å². The number of hydrogen-bond donors (Lipinski definition) is 2. The van der Waals surface area contributed by atoms with Crippen LogP contribution in [0.4, 0.5) is 0 Å². The topological polar surface area (TPSA) is 92.7 Å². The number of rotatable bonds is 7. The Hall–Kier alpha value is -1.24. The molecular weight excluding hydrogens is 234 g/mol. The highest BCUT2D eigenvalue weighted by Crippen LogP contribution is 2.00. The number of ether oxygens (including phenoxy) is 1. The van der Waals surface area contributed by atoms with Gasteiger partial charge in [0, 0.05) is 6.42 Å². The SMILES string of the molecule is COC(=O)CC[C@@H](NC(=O)CSC)C(=O)O. The molecule has 6 nitrogen and oxygen atoms in total. The monoisotopic (exact) mass is 249 g/mol. The van der Waals surface area contributed by atoms with Crippen LogP contribution in [0.2, 0.25) is 0 Å². The molecule has 0 spiro atoms. The number of esters is 1. The minimum absolute atomic E-state index is 0.0299. The number of nitrogens with one attached hydrogen (secondary N) is 1. The number of carbonyl (C=O) groups excluding carboxylic acids is 2. The van der Waals surface area contributed by atoms with Crippen molar-refractivity contribution in [1.82, 2.24) is 5.32 Å². The van der Waals surface area contributed by atoms with Crippen LogP contribution in [0.25, 0.3) is 0 Å². The van der Waals surface area contributed by atoms with Crippen LogP contribution in [0.15, 0.2) is 0 Å². The Kier molecular flexibility index (Phi) is 7.36. The first-order valence-electron chi connectivity index (χ1n) is 4.59. The predicted molar refractivity (Wildman–Crippen MR) is 59.2 cm³/mol. The standard InChI is InChI=1S/C9H15NO5S/c1-15-8(12)4-3-6(9(13)14)10-7(11)5-16-2/h6H,3-5H2,1-2H3,(H,10,11)(H,13,14)/t6-/m1/s1. The summed E-state index contributed by atoms with van der Waals surface area (Å²) in [6.07, 6.45) is 1.74. The first-order chi connectivity index (χ1) is 7.51. The van der Waals surface area contributed by atoms with Gasteiger partial charge in [-0.15, -0.1) is 0 Å². The summed E-state index contributed by atoms with van der Waals surface area (Å²) in [5.74, 6) is -1.81. The highest BCUT2D eigenvalue weighted by molar-refractivity contribution is 7.99. The lowest BCUT2D eigenvalue weighted by Crippen LogP contribution is -2.41. The molecule has 0 heterocycles. The second kappa shape index (κ2) is 7.98. The summed E-state index contributed by atoms with van der Waals surface area (Å²) in [5, 5.41) is 11.1. The first-order valence-corrected chi connectivity index (χ1v) is 5.98. The highest BCUT2D eigenvalue weighted by Gasteiger charge is 2.20. The van der Waals surface area contributed by atoms with Crippen LogP contribution in [0.1, 0.15) is 12.8 Å². The van der Waals surface area contributed by atoms with E-state index >= 15 is 0 Å². The van der Waals surface area contributed by atoms with E-state index in [9.17, 15) is 14.4 Å². The van der Waals surface area contributed by atoms with Gasteiger partial charge in [0.05, 0.1) is 12.9 Å². The summed E-state index contributed by atoms with van der Waals surface area (Å²) in [7, 11) is 1.23. The third-order valence-corrected chi connectivity index (χ3v) is 2.32. The van der Waals surface area contributed by atoms with Gasteiger partial charge in [-0.1, -0.05) is 0 Å². The summed E-state index contributed by atoms with van der Waals surface area (Å²) in [5.41, 5.74) is 0. The number of methoxy groups -OCH3 is 1. The molecule has 0 aliphatic carbocycles. The largest absolute Gasteiger partial charge is 0.480 e. The van der Waals surface area contributed by atoms with E-state index in [-0.39, 0.29) is 24.5 Å². The third kappa shape index (κ3) is 6.28. The van der Waals surface area contributed by atoms with E-state index in [1.54, 1.807) is 6.26 Å². The highest BCUT2D eigenvalue weighted by atomic mass is 32.2. The fourth-order valence-electron chi connectivity index (χ4n) is 0.989. The lowest BCUT2D eigenvalue weighted by Gasteiger charge is -2.13. The molecule has 2 N–H and O–H groups in total. The van der Waals surface area contributed by atoms with Gasteiger partial charge in [0.25, 0.3) is 0 Å². The molecule has 0 bridgehead atoms. The van der Waals surface area contributed by atoms with Crippen LogP contribution in [-0.2, 0) is 19.1 Å². The lowest BCUT2D eigenvalue weighted by atomic mass is 10.1. The predicted octanol–water partition coefficient (Wildman–Crippen LogP) is -0.128.